The third-order valence-electron chi connectivity index (χ3n) is 2.68. The van der Waals surface area contributed by atoms with Crippen molar-refractivity contribution >= 4 is 26.0 Å². The normalized spacial score (nSPS) is 15.4. The van der Waals surface area contributed by atoms with Crippen molar-refractivity contribution in [3.63, 3.8) is 0 Å². The molecule has 7 heteroatoms. The molecular formula is C11H15BrFNO3S. The summed E-state index contributed by atoms with van der Waals surface area (Å²) < 4.78 is 39.8. The molecule has 0 aliphatic rings. The van der Waals surface area contributed by atoms with Gasteiger partial charge in [-0.2, -0.15) is 0 Å². The first-order chi connectivity index (χ1) is 8.27. The van der Waals surface area contributed by atoms with Gasteiger partial charge in [0.25, 0.3) is 0 Å². The summed E-state index contributed by atoms with van der Waals surface area (Å²) in [4.78, 5) is -0.139. The maximum atomic E-state index is 13.3. The van der Waals surface area contributed by atoms with Crippen molar-refractivity contribution in [2.45, 2.75) is 24.8 Å². The van der Waals surface area contributed by atoms with Gasteiger partial charge in [-0.3, -0.25) is 0 Å². The molecule has 2 N–H and O–H groups in total. The Bertz CT molecular complexity index is 521. The van der Waals surface area contributed by atoms with Crippen LogP contribution >= 0.6 is 15.9 Å². The van der Waals surface area contributed by atoms with Gasteiger partial charge in [0.2, 0.25) is 10.0 Å². The highest BCUT2D eigenvalue weighted by Gasteiger charge is 2.21. The molecule has 1 aromatic rings. The molecule has 4 nitrogen and oxygen atoms in total. The number of hydrogen-bond donors (Lipinski definition) is 2. The largest absolute Gasteiger partial charge is 0.396 e. The molecule has 0 heterocycles. The monoisotopic (exact) mass is 339 g/mol. The highest BCUT2D eigenvalue weighted by atomic mass is 79.9. The lowest BCUT2D eigenvalue weighted by molar-refractivity contribution is 0.216. The highest BCUT2D eigenvalue weighted by molar-refractivity contribution is 9.10. The summed E-state index contributed by atoms with van der Waals surface area (Å²) in [6.45, 7) is 3.24. The van der Waals surface area contributed by atoms with Gasteiger partial charge >= 0.3 is 0 Å². The second kappa shape index (κ2) is 6.10. The van der Waals surface area contributed by atoms with Crippen molar-refractivity contribution in [2.24, 2.45) is 5.92 Å². The molecule has 0 amide bonds. The minimum atomic E-state index is -3.78. The van der Waals surface area contributed by atoms with Gasteiger partial charge in [0.1, 0.15) is 5.82 Å². The van der Waals surface area contributed by atoms with Crippen molar-refractivity contribution in [1.29, 1.82) is 0 Å². The summed E-state index contributed by atoms with van der Waals surface area (Å²) in [5, 5.41) is 8.95. The van der Waals surface area contributed by atoms with Crippen LogP contribution in [0.5, 0.6) is 0 Å². The number of benzene rings is 1. The number of halogens is 2. The van der Waals surface area contributed by atoms with E-state index >= 15 is 0 Å². The molecule has 1 aromatic carbocycles. The summed E-state index contributed by atoms with van der Waals surface area (Å²) in [5.74, 6) is -0.860. The molecule has 1 rings (SSSR count). The van der Waals surface area contributed by atoms with Crippen molar-refractivity contribution in [3.05, 3.63) is 28.5 Å². The molecule has 102 valence electrons. The van der Waals surface area contributed by atoms with Crippen LogP contribution in [0.2, 0.25) is 0 Å². The van der Waals surface area contributed by atoms with E-state index in [1.54, 1.807) is 13.8 Å². The van der Waals surface area contributed by atoms with Gasteiger partial charge < -0.3 is 5.11 Å². The van der Waals surface area contributed by atoms with E-state index in [0.717, 1.165) is 6.07 Å². The molecule has 0 aliphatic carbocycles. The zero-order valence-electron chi connectivity index (χ0n) is 10.0. The molecule has 0 saturated carbocycles. The van der Waals surface area contributed by atoms with Crippen LogP contribution in [-0.4, -0.2) is 26.2 Å². The number of hydrogen-bond acceptors (Lipinski definition) is 3. The van der Waals surface area contributed by atoms with Crippen LogP contribution in [0.15, 0.2) is 27.6 Å². The van der Waals surface area contributed by atoms with E-state index in [2.05, 4.69) is 20.7 Å². The minimum absolute atomic E-state index is 0.127. The zero-order chi connectivity index (χ0) is 13.9. The summed E-state index contributed by atoms with van der Waals surface area (Å²) in [6.07, 6.45) is 0. The van der Waals surface area contributed by atoms with Gasteiger partial charge in [-0.1, -0.05) is 6.92 Å². The average Bonchev–Trinajstić information content (AvgIpc) is 2.30. The third kappa shape index (κ3) is 3.74. The first-order valence-corrected chi connectivity index (χ1v) is 7.63. The molecular weight excluding hydrogens is 325 g/mol. The van der Waals surface area contributed by atoms with E-state index < -0.39 is 21.9 Å². The Morgan fingerprint density at radius 1 is 1.44 bits per heavy atom. The van der Waals surface area contributed by atoms with Crippen LogP contribution < -0.4 is 4.72 Å². The molecule has 0 bridgehead atoms. The van der Waals surface area contributed by atoms with Crippen LogP contribution in [0.3, 0.4) is 0 Å². The topological polar surface area (TPSA) is 66.4 Å². The van der Waals surface area contributed by atoms with E-state index in [1.807, 2.05) is 0 Å². The van der Waals surface area contributed by atoms with Crippen molar-refractivity contribution in [3.8, 4) is 0 Å². The Morgan fingerprint density at radius 3 is 2.56 bits per heavy atom. The summed E-state index contributed by atoms with van der Waals surface area (Å²) in [5.41, 5.74) is 0. The quantitative estimate of drug-likeness (QED) is 0.860. The highest BCUT2D eigenvalue weighted by Crippen LogP contribution is 2.19. The molecule has 0 saturated heterocycles. The average molecular weight is 340 g/mol. The van der Waals surface area contributed by atoms with Gasteiger partial charge in [0, 0.05) is 12.6 Å². The second-order valence-corrected chi connectivity index (χ2v) is 6.71. The Kier molecular flexibility index (Phi) is 5.27. The van der Waals surface area contributed by atoms with Crippen molar-refractivity contribution < 1.29 is 17.9 Å². The van der Waals surface area contributed by atoms with Crippen molar-refractivity contribution in [1.82, 2.24) is 4.72 Å². The molecule has 0 aliphatic heterocycles. The van der Waals surface area contributed by atoms with Gasteiger partial charge in [-0.25, -0.2) is 17.5 Å². The molecule has 0 radical (unpaired) electrons. The number of aliphatic hydroxyl groups excluding tert-OH is 1. The van der Waals surface area contributed by atoms with Crippen LogP contribution in [0.25, 0.3) is 0 Å². The SMILES string of the molecule is CC(CO)C(C)NS(=O)(=O)c1ccc(Br)c(F)c1. The van der Waals surface area contributed by atoms with E-state index in [9.17, 15) is 12.8 Å². The lowest BCUT2D eigenvalue weighted by Gasteiger charge is -2.19. The van der Waals surface area contributed by atoms with Crippen LogP contribution in [-0.2, 0) is 10.0 Å². The summed E-state index contributed by atoms with van der Waals surface area (Å²) >= 11 is 2.96. The first-order valence-electron chi connectivity index (χ1n) is 5.36. The Hall–Kier alpha value is -0.500. The Labute approximate surface area is 114 Å². The minimum Gasteiger partial charge on any atom is -0.396 e. The maximum absolute atomic E-state index is 13.3. The lowest BCUT2D eigenvalue weighted by Crippen LogP contribution is -2.38. The summed E-state index contributed by atoms with van der Waals surface area (Å²) in [6, 6.07) is 3.16. The number of rotatable bonds is 5. The second-order valence-electron chi connectivity index (χ2n) is 4.15. The molecule has 2 atom stereocenters. The van der Waals surface area contributed by atoms with Crippen LogP contribution in [0.1, 0.15) is 13.8 Å². The predicted molar refractivity (Wildman–Crippen MR) is 70.1 cm³/mol. The number of aliphatic hydroxyl groups is 1. The van der Waals surface area contributed by atoms with Crippen LogP contribution in [0.4, 0.5) is 4.39 Å². The molecule has 0 fully saturated rings. The third-order valence-corrected chi connectivity index (χ3v) is 4.88. The number of sulfonamides is 1. The standard InChI is InChI=1S/C11H15BrFNO3S/c1-7(6-15)8(2)14-18(16,17)9-3-4-10(12)11(13)5-9/h3-5,7-8,14-15H,6H2,1-2H3. The predicted octanol–water partition coefficient (Wildman–Crippen LogP) is 1.88. The first kappa shape index (κ1) is 15.6. The van der Waals surface area contributed by atoms with Gasteiger partial charge in [0.05, 0.1) is 9.37 Å². The van der Waals surface area contributed by atoms with Gasteiger partial charge in [-0.05, 0) is 47.0 Å². The molecule has 2 unspecified atom stereocenters. The Morgan fingerprint density at radius 2 is 2.06 bits per heavy atom. The van der Waals surface area contributed by atoms with E-state index in [4.69, 9.17) is 5.11 Å². The van der Waals surface area contributed by atoms with Crippen molar-refractivity contribution in [2.75, 3.05) is 6.61 Å². The fourth-order valence-corrected chi connectivity index (χ4v) is 2.84. The molecule has 0 spiro atoms. The molecule has 18 heavy (non-hydrogen) atoms. The number of nitrogens with one attached hydrogen (secondary N) is 1. The summed E-state index contributed by atoms with van der Waals surface area (Å²) in [7, 11) is -3.78. The smallest absolute Gasteiger partial charge is 0.240 e. The van der Waals surface area contributed by atoms with E-state index in [-0.39, 0.29) is 21.9 Å². The van der Waals surface area contributed by atoms with E-state index in [0.29, 0.717) is 0 Å². The fourth-order valence-electron chi connectivity index (χ4n) is 1.23. The maximum Gasteiger partial charge on any atom is 0.240 e. The fraction of sp³-hybridized carbons (Fsp3) is 0.455. The van der Waals surface area contributed by atoms with Gasteiger partial charge in [-0.15, -0.1) is 0 Å². The zero-order valence-corrected chi connectivity index (χ0v) is 12.4. The van der Waals surface area contributed by atoms with E-state index in [1.165, 1.54) is 12.1 Å². The lowest BCUT2D eigenvalue weighted by atomic mass is 10.1. The van der Waals surface area contributed by atoms with Crippen LogP contribution in [0, 0.1) is 11.7 Å². The molecule has 0 aromatic heterocycles. The Balaban J connectivity index is 2.96. The van der Waals surface area contributed by atoms with Gasteiger partial charge in [0.15, 0.2) is 0 Å².